The number of carbonyl (C=O) groups excluding carboxylic acids is 1. The van der Waals surface area contributed by atoms with Crippen molar-refractivity contribution in [1.82, 2.24) is 14.9 Å². The Kier molecular flexibility index (Phi) is 5.04. The Hall–Kier alpha value is -3.50. The lowest BCUT2D eigenvalue weighted by Gasteiger charge is -2.03. The average Bonchev–Trinajstić information content (AvgIpc) is 3.13. The van der Waals surface area contributed by atoms with Crippen LogP contribution in [-0.2, 0) is 11.3 Å². The molecule has 0 aromatic carbocycles. The minimum atomic E-state index is -0.683. The molecule has 0 atom stereocenters. The summed E-state index contributed by atoms with van der Waals surface area (Å²) in [4.78, 5) is 35.6. The van der Waals surface area contributed by atoms with Crippen LogP contribution in [0.2, 0.25) is 0 Å². The van der Waals surface area contributed by atoms with Gasteiger partial charge < -0.3 is 19.8 Å². The molecule has 0 aliphatic carbocycles. The lowest BCUT2D eigenvalue weighted by Crippen LogP contribution is -2.26. The molecular formula is C13H13N5O6. The third kappa shape index (κ3) is 4.03. The molecule has 0 unspecified atom stereocenters. The quantitative estimate of drug-likeness (QED) is 0.457. The predicted molar refractivity (Wildman–Crippen MR) is 81.0 cm³/mol. The van der Waals surface area contributed by atoms with Gasteiger partial charge in [-0.05, 0) is 17.1 Å². The van der Waals surface area contributed by atoms with E-state index >= 15 is 0 Å². The first-order chi connectivity index (χ1) is 11.4. The zero-order valence-corrected chi connectivity index (χ0v) is 12.5. The van der Waals surface area contributed by atoms with Crippen molar-refractivity contribution in [3.8, 4) is 0 Å². The molecule has 24 heavy (non-hydrogen) atoms. The highest BCUT2D eigenvalue weighted by Gasteiger charge is 2.16. The Bertz CT molecular complexity index is 806. The van der Waals surface area contributed by atoms with Crippen LogP contribution in [0.15, 0.2) is 28.8 Å². The van der Waals surface area contributed by atoms with Gasteiger partial charge in [0.15, 0.2) is 5.82 Å². The maximum absolute atomic E-state index is 11.7. The number of rotatable bonds is 7. The van der Waals surface area contributed by atoms with Crippen molar-refractivity contribution in [3.63, 3.8) is 0 Å². The maximum atomic E-state index is 11.7. The van der Waals surface area contributed by atoms with Crippen molar-refractivity contribution in [2.24, 2.45) is 0 Å². The molecule has 2 aromatic heterocycles. The van der Waals surface area contributed by atoms with E-state index in [9.17, 15) is 25.0 Å². The van der Waals surface area contributed by atoms with Gasteiger partial charge in [-0.25, -0.2) is 9.55 Å². The van der Waals surface area contributed by atoms with E-state index in [1.807, 2.05) is 0 Å². The van der Waals surface area contributed by atoms with Crippen LogP contribution < -0.4 is 5.32 Å². The molecule has 0 saturated carbocycles. The second-order valence-electron chi connectivity index (χ2n) is 4.63. The topological polar surface area (TPSA) is 146 Å². The Morgan fingerprint density at radius 2 is 2.12 bits per heavy atom. The van der Waals surface area contributed by atoms with E-state index in [4.69, 9.17) is 4.42 Å². The van der Waals surface area contributed by atoms with Crippen molar-refractivity contribution in [2.75, 3.05) is 6.54 Å². The number of nitrogens with one attached hydrogen (secondary N) is 1. The second kappa shape index (κ2) is 7.17. The summed E-state index contributed by atoms with van der Waals surface area (Å²) in [5.41, 5.74) is 0. The maximum Gasteiger partial charge on any atom is 0.433 e. The number of hydrogen-bond donors (Lipinski definition) is 1. The van der Waals surface area contributed by atoms with Gasteiger partial charge in [0.1, 0.15) is 23.4 Å². The molecule has 11 nitrogen and oxygen atoms in total. The fraction of sp³-hybridized carbons (Fsp3) is 0.231. The van der Waals surface area contributed by atoms with Crippen LogP contribution >= 0.6 is 0 Å². The number of carbonyl (C=O) groups is 1. The van der Waals surface area contributed by atoms with E-state index in [2.05, 4.69) is 10.3 Å². The number of aryl methyl sites for hydroxylation is 1. The van der Waals surface area contributed by atoms with E-state index in [1.165, 1.54) is 22.8 Å². The van der Waals surface area contributed by atoms with Crippen LogP contribution in [0.5, 0.6) is 0 Å². The van der Waals surface area contributed by atoms with E-state index in [-0.39, 0.29) is 24.7 Å². The highest BCUT2D eigenvalue weighted by molar-refractivity contribution is 5.91. The van der Waals surface area contributed by atoms with Crippen LogP contribution in [0.1, 0.15) is 11.6 Å². The number of hydrogen-bond acceptors (Lipinski definition) is 7. The molecule has 0 aliphatic heterocycles. The van der Waals surface area contributed by atoms with Gasteiger partial charge in [0.05, 0.1) is 12.6 Å². The fourth-order valence-corrected chi connectivity index (χ4v) is 1.92. The standard InChI is InChI=1S/C13H13N5O6/c1-9-15-8-12(17(20)21)16(9)7-6-14-11(19)4-2-10-3-5-13(24-10)18(22)23/h2-5,8H,6-7H2,1H3,(H,14,19)/b4-2+. The van der Waals surface area contributed by atoms with E-state index in [0.29, 0.717) is 5.82 Å². The number of amides is 1. The van der Waals surface area contributed by atoms with Gasteiger partial charge in [0.2, 0.25) is 5.91 Å². The minimum absolute atomic E-state index is 0.152. The first-order valence-electron chi connectivity index (χ1n) is 6.75. The molecule has 2 rings (SSSR count). The van der Waals surface area contributed by atoms with Gasteiger partial charge in [0, 0.05) is 13.0 Å². The Labute approximate surface area is 134 Å². The number of nitrogens with zero attached hydrogens (tertiary/aromatic N) is 4. The first-order valence-corrected chi connectivity index (χ1v) is 6.75. The number of nitro groups is 2. The van der Waals surface area contributed by atoms with Crippen molar-refractivity contribution >= 4 is 23.7 Å². The molecule has 0 radical (unpaired) electrons. The third-order valence-electron chi connectivity index (χ3n) is 3.05. The summed E-state index contributed by atoms with van der Waals surface area (Å²) in [6.45, 7) is 1.96. The summed E-state index contributed by atoms with van der Waals surface area (Å²) < 4.78 is 6.24. The van der Waals surface area contributed by atoms with Gasteiger partial charge in [-0.1, -0.05) is 0 Å². The summed E-state index contributed by atoms with van der Waals surface area (Å²) in [6, 6.07) is 2.54. The average molecular weight is 335 g/mol. The first kappa shape index (κ1) is 16.9. The zero-order chi connectivity index (χ0) is 17.7. The highest BCUT2D eigenvalue weighted by atomic mass is 16.6. The smallest absolute Gasteiger partial charge is 0.401 e. The van der Waals surface area contributed by atoms with Gasteiger partial charge in [-0.3, -0.25) is 14.9 Å². The predicted octanol–water partition coefficient (Wildman–Crippen LogP) is 1.43. The van der Waals surface area contributed by atoms with Crippen molar-refractivity contribution < 1.29 is 19.1 Å². The van der Waals surface area contributed by atoms with Crippen LogP contribution in [-0.4, -0.2) is 31.8 Å². The Morgan fingerprint density at radius 3 is 2.75 bits per heavy atom. The molecule has 1 N–H and O–H groups in total. The van der Waals surface area contributed by atoms with Gasteiger partial charge in [-0.15, -0.1) is 0 Å². The molecule has 0 bridgehead atoms. The second-order valence-corrected chi connectivity index (χ2v) is 4.63. The molecule has 1 amide bonds. The van der Waals surface area contributed by atoms with Gasteiger partial charge in [-0.2, -0.15) is 0 Å². The Morgan fingerprint density at radius 1 is 1.38 bits per heavy atom. The van der Waals surface area contributed by atoms with E-state index < -0.39 is 21.6 Å². The lowest BCUT2D eigenvalue weighted by molar-refractivity contribution is -0.402. The third-order valence-corrected chi connectivity index (χ3v) is 3.05. The molecule has 0 saturated heterocycles. The summed E-state index contributed by atoms with van der Waals surface area (Å²) in [5, 5.41) is 23.8. The van der Waals surface area contributed by atoms with Crippen LogP contribution in [0.3, 0.4) is 0 Å². The molecule has 0 fully saturated rings. The van der Waals surface area contributed by atoms with Crippen molar-refractivity contribution in [3.05, 3.63) is 56.2 Å². The van der Waals surface area contributed by atoms with Crippen molar-refractivity contribution in [1.29, 1.82) is 0 Å². The summed E-state index contributed by atoms with van der Waals surface area (Å²) in [7, 11) is 0. The molecule has 2 heterocycles. The van der Waals surface area contributed by atoms with E-state index in [0.717, 1.165) is 12.3 Å². The fourth-order valence-electron chi connectivity index (χ4n) is 1.92. The summed E-state index contributed by atoms with van der Waals surface area (Å²) in [5.74, 6) is -0.403. The minimum Gasteiger partial charge on any atom is -0.401 e. The normalized spacial score (nSPS) is 10.9. The van der Waals surface area contributed by atoms with Crippen LogP contribution in [0, 0.1) is 27.2 Å². The largest absolute Gasteiger partial charge is 0.433 e. The molecule has 11 heteroatoms. The summed E-state index contributed by atoms with van der Waals surface area (Å²) >= 11 is 0. The van der Waals surface area contributed by atoms with Crippen LogP contribution in [0.4, 0.5) is 11.7 Å². The molecule has 2 aromatic rings. The van der Waals surface area contributed by atoms with E-state index in [1.54, 1.807) is 6.92 Å². The highest BCUT2D eigenvalue weighted by Crippen LogP contribution is 2.16. The van der Waals surface area contributed by atoms with Crippen molar-refractivity contribution in [2.45, 2.75) is 13.5 Å². The molecule has 0 aliphatic rings. The van der Waals surface area contributed by atoms with Crippen LogP contribution in [0.25, 0.3) is 6.08 Å². The monoisotopic (exact) mass is 335 g/mol. The number of aromatic nitrogens is 2. The lowest BCUT2D eigenvalue weighted by atomic mass is 10.4. The van der Waals surface area contributed by atoms with Gasteiger partial charge >= 0.3 is 11.7 Å². The summed E-state index contributed by atoms with van der Waals surface area (Å²) in [6.07, 6.45) is 3.59. The Balaban J connectivity index is 1.87. The SMILES string of the molecule is Cc1ncc([N+](=O)[O-])n1CCNC(=O)/C=C/c1ccc([N+](=O)[O-])o1. The number of imidazole rings is 1. The zero-order valence-electron chi connectivity index (χ0n) is 12.5. The number of furan rings is 1. The molecule has 126 valence electrons. The molecular weight excluding hydrogens is 322 g/mol. The molecule has 0 spiro atoms. The van der Waals surface area contributed by atoms with Gasteiger partial charge in [0.25, 0.3) is 0 Å².